The summed E-state index contributed by atoms with van der Waals surface area (Å²) in [6, 6.07) is 8.60. The zero-order valence-electron chi connectivity index (χ0n) is 16.6. The van der Waals surface area contributed by atoms with Gasteiger partial charge in [0.1, 0.15) is 5.82 Å². The van der Waals surface area contributed by atoms with Crippen molar-refractivity contribution in [1.29, 1.82) is 0 Å². The highest BCUT2D eigenvalue weighted by atomic mass is 32.1. The van der Waals surface area contributed by atoms with Gasteiger partial charge in [0.25, 0.3) is 0 Å². The van der Waals surface area contributed by atoms with Gasteiger partial charge >= 0.3 is 17.8 Å². The first-order chi connectivity index (χ1) is 14.5. The Balaban J connectivity index is 1.34. The van der Waals surface area contributed by atoms with Crippen molar-refractivity contribution in [2.45, 2.75) is 56.3 Å². The highest BCUT2D eigenvalue weighted by molar-refractivity contribution is 7.10. The van der Waals surface area contributed by atoms with Gasteiger partial charge in [0.2, 0.25) is 0 Å². The Bertz CT molecular complexity index is 940. The summed E-state index contributed by atoms with van der Waals surface area (Å²) in [7, 11) is 0. The van der Waals surface area contributed by atoms with Crippen LogP contribution in [0.15, 0.2) is 35.7 Å². The third-order valence-electron chi connectivity index (χ3n) is 6.67. The number of fused-ring (bicyclic) bond motifs is 1. The second kappa shape index (κ2) is 7.78. The van der Waals surface area contributed by atoms with Crippen LogP contribution < -0.4 is 0 Å². The second-order valence-corrected chi connectivity index (χ2v) is 9.40. The fourth-order valence-electron chi connectivity index (χ4n) is 5.13. The second-order valence-electron chi connectivity index (χ2n) is 8.40. The molecule has 2 aliphatic heterocycles. The molecule has 158 valence electrons. The molecule has 7 heteroatoms. The molecule has 0 amide bonds. The molecule has 2 saturated heterocycles. The zero-order chi connectivity index (χ0) is 20.7. The monoisotopic (exact) mass is 429 g/mol. The van der Waals surface area contributed by atoms with E-state index in [1.807, 2.05) is 16.2 Å². The van der Waals surface area contributed by atoms with Crippen molar-refractivity contribution < 1.29 is 23.5 Å². The minimum atomic E-state index is -1.35. The third-order valence-corrected chi connectivity index (χ3v) is 7.67. The summed E-state index contributed by atoms with van der Waals surface area (Å²) in [4.78, 5) is 27.4. The minimum absolute atomic E-state index is 0.0266. The van der Waals surface area contributed by atoms with Gasteiger partial charge in [0, 0.05) is 24.4 Å². The Labute approximate surface area is 178 Å². The van der Waals surface area contributed by atoms with E-state index in [1.54, 1.807) is 12.1 Å². The highest BCUT2D eigenvalue weighted by Crippen LogP contribution is 2.43. The van der Waals surface area contributed by atoms with Crippen LogP contribution in [0.1, 0.15) is 59.9 Å². The lowest BCUT2D eigenvalue weighted by Gasteiger charge is -2.44. The first-order valence-corrected chi connectivity index (χ1v) is 11.5. The maximum atomic E-state index is 13.3. The topological polar surface area (TPSA) is 55.8 Å². The van der Waals surface area contributed by atoms with Crippen molar-refractivity contribution in [2.75, 3.05) is 13.1 Å². The van der Waals surface area contributed by atoms with Crippen molar-refractivity contribution >= 4 is 23.3 Å². The van der Waals surface area contributed by atoms with Gasteiger partial charge in [0.05, 0.1) is 0 Å². The maximum absolute atomic E-state index is 13.3. The number of carbonyl (C=O) groups excluding carboxylic acids is 2. The van der Waals surface area contributed by atoms with Crippen LogP contribution in [0.5, 0.6) is 0 Å². The van der Waals surface area contributed by atoms with E-state index in [0.717, 1.165) is 31.2 Å². The molecule has 0 N–H and O–H groups in total. The molecule has 0 bridgehead atoms. The Morgan fingerprint density at radius 2 is 1.87 bits per heavy atom. The summed E-state index contributed by atoms with van der Waals surface area (Å²) in [5.74, 6) is -2.99. The molecule has 0 saturated carbocycles. The maximum Gasteiger partial charge on any atom is 0.421 e. The van der Waals surface area contributed by atoms with E-state index >= 15 is 0 Å². The number of halogens is 1. The summed E-state index contributed by atoms with van der Waals surface area (Å²) in [5.41, 5.74) is 2.41. The summed E-state index contributed by atoms with van der Waals surface area (Å²) in [5, 5.41) is 2.17. The fourth-order valence-corrected chi connectivity index (χ4v) is 6.14. The van der Waals surface area contributed by atoms with Crippen LogP contribution in [-0.2, 0) is 25.5 Å². The van der Waals surface area contributed by atoms with Gasteiger partial charge in [0.15, 0.2) is 0 Å². The van der Waals surface area contributed by atoms with Crippen LogP contribution in [-0.4, -0.2) is 35.8 Å². The van der Waals surface area contributed by atoms with Gasteiger partial charge in [-0.25, -0.2) is 18.9 Å². The number of benzene rings is 1. The molecule has 2 aromatic rings. The predicted molar refractivity (Wildman–Crippen MR) is 109 cm³/mol. The van der Waals surface area contributed by atoms with E-state index in [1.165, 1.54) is 29.0 Å². The quantitative estimate of drug-likeness (QED) is 0.535. The third kappa shape index (κ3) is 3.54. The number of hydrogen-bond donors (Lipinski definition) is 0. The highest BCUT2D eigenvalue weighted by Gasteiger charge is 2.56. The van der Waals surface area contributed by atoms with E-state index < -0.39 is 17.8 Å². The predicted octanol–water partition coefficient (Wildman–Crippen LogP) is 4.33. The van der Waals surface area contributed by atoms with Crippen LogP contribution in [0.25, 0.3) is 0 Å². The Kier molecular flexibility index (Phi) is 5.11. The molecule has 2 atom stereocenters. The Morgan fingerprint density at radius 1 is 1.10 bits per heavy atom. The van der Waals surface area contributed by atoms with Crippen molar-refractivity contribution in [2.24, 2.45) is 0 Å². The minimum Gasteiger partial charge on any atom is -0.400 e. The number of thiophene rings is 1. The van der Waals surface area contributed by atoms with E-state index in [4.69, 9.17) is 9.47 Å². The first kappa shape index (κ1) is 19.7. The Morgan fingerprint density at radius 3 is 2.63 bits per heavy atom. The standard InChI is InChI=1S/C23H24FNO4S/c24-18-6-4-15(5-7-18)17-9-12-25(23(14-17)28-21(26)22(27)29-23)11-8-16-2-1-3-20-19(16)10-13-30-20/h4-7,10,13,16-17H,1-3,8-9,11-12,14H2. The molecule has 1 spiro atoms. The van der Waals surface area contributed by atoms with E-state index in [0.29, 0.717) is 25.4 Å². The number of likely N-dealkylation sites (tertiary alicyclic amines) is 1. The zero-order valence-corrected chi connectivity index (χ0v) is 17.5. The molecule has 2 fully saturated rings. The smallest absolute Gasteiger partial charge is 0.400 e. The van der Waals surface area contributed by atoms with Crippen LogP contribution in [0.3, 0.4) is 0 Å². The number of nitrogens with zero attached hydrogens (tertiary/aromatic N) is 1. The Hall–Kier alpha value is -2.25. The average Bonchev–Trinajstić information content (AvgIpc) is 3.33. The summed E-state index contributed by atoms with van der Waals surface area (Å²) < 4.78 is 24.4. The molecule has 1 aromatic carbocycles. The van der Waals surface area contributed by atoms with Crippen LogP contribution in [0.4, 0.5) is 4.39 Å². The van der Waals surface area contributed by atoms with Crippen LogP contribution in [0.2, 0.25) is 0 Å². The van der Waals surface area contributed by atoms with Crippen molar-refractivity contribution in [3.63, 3.8) is 0 Å². The lowest BCUT2D eigenvalue weighted by molar-refractivity contribution is -0.266. The first-order valence-electron chi connectivity index (χ1n) is 10.6. The number of carbonyl (C=O) groups is 2. The van der Waals surface area contributed by atoms with Gasteiger partial charge in [-0.15, -0.1) is 11.3 Å². The molecule has 1 aromatic heterocycles. The van der Waals surface area contributed by atoms with Crippen molar-refractivity contribution in [3.05, 3.63) is 57.5 Å². The SMILES string of the molecule is O=C1OC2(CC(c3ccc(F)cc3)CCN2CCC2CCCc3sccc32)OC1=O. The van der Waals surface area contributed by atoms with Gasteiger partial charge in [-0.3, -0.25) is 0 Å². The van der Waals surface area contributed by atoms with Crippen LogP contribution >= 0.6 is 11.3 Å². The molecule has 5 rings (SSSR count). The van der Waals surface area contributed by atoms with E-state index in [2.05, 4.69) is 11.4 Å². The molecule has 30 heavy (non-hydrogen) atoms. The lowest BCUT2D eigenvalue weighted by Crippen LogP contribution is -2.55. The number of rotatable bonds is 4. The molecular weight excluding hydrogens is 405 g/mol. The molecule has 1 aliphatic carbocycles. The summed E-state index contributed by atoms with van der Waals surface area (Å²) in [6.07, 6.45) is 5.64. The van der Waals surface area contributed by atoms with E-state index in [-0.39, 0.29) is 11.7 Å². The number of esters is 2. The van der Waals surface area contributed by atoms with Crippen molar-refractivity contribution in [3.8, 4) is 0 Å². The molecule has 5 nitrogen and oxygen atoms in total. The van der Waals surface area contributed by atoms with Crippen molar-refractivity contribution in [1.82, 2.24) is 4.90 Å². The number of piperidine rings is 1. The largest absolute Gasteiger partial charge is 0.421 e. The van der Waals surface area contributed by atoms with Gasteiger partial charge < -0.3 is 9.47 Å². The van der Waals surface area contributed by atoms with Crippen LogP contribution in [0, 0.1) is 5.82 Å². The normalized spacial score (nSPS) is 25.8. The molecule has 3 heterocycles. The van der Waals surface area contributed by atoms with Gasteiger partial charge in [-0.2, -0.15) is 0 Å². The molecular formula is C23H24FNO4S. The summed E-state index contributed by atoms with van der Waals surface area (Å²) in [6.45, 7) is 1.34. The number of ether oxygens (including phenoxy) is 2. The number of aryl methyl sites for hydroxylation is 1. The number of hydrogen-bond acceptors (Lipinski definition) is 6. The van der Waals surface area contributed by atoms with E-state index in [9.17, 15) is 14.0 Å². The van der Waals surface area contributed by atoms with Gasteiger partial charge in [-0.05, 0) is 78.6 Å². The fraction of sp³-hybridized carbons (Fsp3) is 0.478. The molecule has 3 aliphatic rings. The van der Waals surface area contributed by atoms with Gasteiger partial charge in [-0.1, -0.05) is 12.1 Å². The lowest BCUT2D eigenvalue weighted by atomic mass is 9.84. The average molecular weight is 430 g/mol. The molecule has 0 radical (unpaired) electrons. The molecule has 2 unspecified atom stereocenters. The summed E-state index contributed by atoms with van der Waals surface area (Å²) >= 11 is 1.83.